The summed E-state index contributed by atoms with van der Waals surface area (Å²) in [6.45, 7) is 3.00. The predicted molar refractivity (Wildman–Crippen MR) is 66.0 cm³/mol. The zero-order valence-corrected chi connectivity index (χ0v) is 10.3. The number of carbonyl (C=O) groups excluding carboxylic acids is 1. The van der Waals surface area contributed by atoms with Crippen LogP contribution in [0.25, 0.3) is 0 Å². The quantitative estimate of drug-likeness (QED) is 0.784. The summed E-state index contributed by atoms with van der Waals surface area (Å²) in [7, 11) is 0. The molecule has 2 bridgehead atoms. The lowest BCUT2D eigenvalue weighted by molar-refractivity contribution is -0.121. The number of rotatable bonds is 2. The zero-order valence-electron chi connectivity index (χ0n) is 10.3. The minimum Gasteiger partial charge on any atom is -0.362 e. The van der Waals surface area contributed by atoms with Crippen molar-refractivity contribution in [3.63, 3.8) is 0 Å². The minimum absolute atomic E-state index is 0.421. The van der Waals surface area contributed by atoms with Crippen LogP contribution in [0.2, 0.25) is 0 Å². The van der Waals surface area contributed by atoms with E-state index in [0.29, 0.717) is 17.9 Å². The number of aryl methyl sites for hydroxylation is 1. The summed E-state index contributed by atoms with van der Waals surface area (Å²) in [5.74, 6) is 0.443. The van der Waals surface area contributed by atoms with Crippen LogP contribution >= 0.6 is 0 Å². The highest BCUT2D eigenvalue weighted by molar-refractivity contribution is 5.82. The first-order valence-electron chi connectivity index (χ1n) is 6.60. The van der Waals surface area contributed by atoms with E-state index in [9.17, 15) is 4.79 Å². The number of hydrogen-bond donors (Lipinski definition) is 0. The first-order valence-corrected chi connectivity index (χ1v) is 6.60. The fourth-order valence-corrected chi connectivity index (χ4v) is 3.26. The molecule has 17 heavy (non-hydrogen) atoms. The maximum Gasteiger partial charge on any atom is 0.137 e. The molecule has 2 atom stereocenters. The Morgan fingerprint density at radius 1 is 1.35 bits per heavy atom. The van der Waals surface area contributed by atoms with Gasteiger partial charge in [-0.25, -0.2) is 0 Å². The Kier molecular flexibility index (Phi) is 2.65. The van der Waals surface area contributed by atoms with Crippen molar-refractivity contribution in [3.05, 3.63) is 12.4 Å². The van der Waals surface area contributed by atoms with E-state index in [1.807, 2.05) is 10.9 Å². The van der Waals surface area contributed by atoms with Crippen LogP contribution in [0.1, 0.15) is 39.0 Å². The van der Waals surface area contributed by atoms with Gasteiger partial charge in [0.25, 0.3) is 0 Å². The minimum atomic E-state index is 0.421. The van der Waals surface area contributed by atoms with Crippen LogP contribution in [-0.4, -0.2) is 27.6 Å². The van der Waals surface area contributed by atoms with Crippen molar-refractivity contribution < 1.29 is 4.79 Å². The third-order valence-corrected chi connectivity index (χ3v) is 4.03. The van der Waals surface area contributed by atoms with Gasteiger partial charge >= 0.3 is 0 Å². The number of anilines is 1. The van der Waals surface area contributed by atoms with E-state index in [4.69, 9.17) is 0 Å². The average Bonchev–Trinajstić information content (AvgIpc) is 2.76. The van der Waals surface area contributed by atoms with Gasteiger partial charge in [0.05, 0.1) is 11.9 Å². The van der Waals surface area contributed by atoms with Crippen LogP contribution in [0, 0.1) is 0 Å². The van der Waals surface area contributed by atoms with Crippen LogP contribution in [0.5, 0.6) is 0 Å². The van der Waals surface area contributed by atoms with Gasteiger partial charge in [0.15, 0.2) is 0 Å². The number of Topliss-reactive ketones (excluding diaryl/α,β-unsaturated/α-hetero) is 1. The molecule has 0 N–H and O–H groups in total. The van der Waals surface area contributed by atoms with Gasteiger partial charge in [-0.3, -0.25) is 9.48 Å². The molecule has 0 saturated carbocycles. The van der Waals surface area contributed by atoms with Gasteiger partial charge < -0.3 is 4.90 Å². The summed E-state index contributed by atoms with van der Waals surface area (Å²) >= 11 is 0. The molecule has 0 aromatic carbocycles. The van der Waals surface area contributed by atoms with Gasteiger partial charge in [-0.15, -0.1) is 0 Å². The first kappa shape index (κ1) is 10.8. The molecule has 0 spiro atoms. The lowest BCUT2D eigenvalue weighted by Crippen LogP contribution is -2.52. The van der Waals surface area contributed by atoms with Crippen molar-refractivity contribution in [2.45, 2.75) is 57.7 Å². The van der Waals surface area contributed by atoms with Gasteiger partial charge in [0.2, 0.25) is 0 Å². The van der Waals surface area contributed by atoms with Gasteiger partial charge in [0, 0.05) is 37.7 Å². The van der Waals surface area contributed by atoms with Crippen molar-refractivity contribution in [1.82, 2.24) is 9.78 Å². The van der Waals surface area contributed by atoms with Gasteiger partial charge in [-0.2, -0.15) is 5.10 Å². The standard InChI is InChI=1S/C13H19N3O/c1-2-15-9-12(8-14-15)16-10-4-3-5-11(16)7-13(17)6-10/h8-11H,2-7H2,1H3. The molecule has 2 aliphatic heterocycles. The fourth-order valence-electron chi connectivity index (χ4n) is 3.26. The molecule has 0 aliphatic carbocycles. The zero-order chi connectivity index (χ0) is 11.8. The molecule has 1 aromatic rings. The second-order valence-electron chi connectivity index (χ2n) is 5.15. The third kappa shape index (κ3) is 1.85. The maximum atomic E-state index is 11.7. The van der Waals surface area contributed by atoms with E-state index < -0.39 is 0 Å². The second kappa shape index (κ2) is 4.17. The first-order chi connectivity index (χ1) is 8.28. The Hall–Kier alpha value is -1.32. The number of piperidine rings is 2. The third-order valence-electron chi connectivity index (χ3n) is 4.03. The molecular formula is C13H19N3O. The molecular weight excluding hydrogens is 214 g/mol. The van der Waals surface area contributed by atoms with Crippen molar-refractivity contribution in [1.29, 1.82) is 0 Å². The molecule has 4 heteroatoms. The smallest absolute Gasteiger partial charge is 0.137 e. The number of hydrogen-bond acceptors (Lipinski definition) is 3. The van der Waals surface area contributed by atoms with E-state index in [1.54, 1.807) is 0 Å². The summed E-state index contributed by atoms with van der Waals surface area (Å²) < 4.78 is 1.96. The molecule has 1 aromatic heterocycles. The monoisotopic (exact) mass is 233 g/mol. The topological polar surface area (TPSA) is 38.1 Å². The number of nitrogens with zero attached hydrogens (tertiary/aromatic N) is 3. The fraction of sp³-hybridized carbons (Fsp3) is 0.692. The number of carbonyl (C=O) groups is 1. The SMILES string of the molecule is CCn1cc(N2C3CCCC2CC(=O)C3)cn1. The Bertz CT molecular complexity index is 410. The Morgan fingerprint density at radius 3 is 2.65 bits per heavy atom. The number of aromatic nitrogens is 2. The molecule has 3 rings (SSSR count). The van der Waals surface area contributed by atoms with Crippen molar-refractivity contribution in [2.75, 3.05) is 4.90 Å². The molecule has 2 aliphatic rings. The van der Waals surface area contributed by atoms with Crippen molar-refractivity contribution >= 4 is 11.5 Å². The largest absolute Gasteiger partial charge is 0.362 e. The van der Waals surface area contributed by atoms with E-state index in [1.165, 1.54) is 12.1 Å². The highest BCUT2D eigenvalue weighted by atomic mass is 16.1. The van der Waals surface area contributed by atoms with Gasteiger partial charge in [-0.1, -0.05) is 0 Å². The number of ketones is 1. The molecule has 0 amide bonds. The van der Waals surface area contributed by atoms with Crippen LogP contribution in [-0.2, 0) is 11.3 Å². The van der Waals surface area contributed by atoms with Crippen molar-refractivity contribution in [2.24, 2.45) is 0 Å². The van der Waals surface area contributed by atoms with Crippen LogP contribution in [0.3, 0.4) is 0 Å². The summed E-state index contributed by atoms with van der Waals surface area (Å²) in [5, 5.41) is 4.35. The summed E-state index contributed by atoms with van der Waals surface area (Å²) in [6.07, 6.45) is 9.09. The highest BCUT2D eigenvalue weighted by Gasteiger charge is 2.37. The lowest BCUT2D eigenvalue weighted by Gasteiger charge is -2.46. The molecule has 3 heterocycles. The second-order valence-corrected chi connectivity index (χ2v) is 5.15. The van der Waals surface area contributed by atoms with Crippen LogP contribution in [0.4, 0.5) is 5.69 Å². The molecule has 92 valence electrons. The van der Waals surface area contributed by atoms with E-state index in [-0.39, 0.29) is 0 Å². The Balaban J connectivity index is 1.88. The molecule has 2 unspecified atom stereocenters. The van der Waals surface area contributed by atoms with Crippen LogP contribution in [0.15, 0.2) is 12.4 Å². The normalized spacial score (nSPS) is 28.5. The molecule has 2 fully saturated rings. The van der Waals surface area contributed by atoms with Crippen molar-refractivity contribution in [3.8, 4) is 0 Å². The summed E-state index contributed by atoms with van der Waals surface area (Å²) in [6, 6.07) is 0.842. The summed E-state index contributed by atoms with van der Waals surface area (Å²) in [5.41, 5.74) is 1.20. The van der Waals surface area contributed by atoms with E-state index in [0.717, 1.165) is 32.2 Å². The lowest BCUT2D eigenvalue weighted by atomic mass is 9.83. The van der Waals surface area contributed by atoms with E-state index in [2.05, 4.69) is 23.1 Å². The number of fused-ring (bicyclic) bond motifs is 2. The molecule has 0 radical (unpaired) electrons. The average molecular weight is 233 g/mol. The van der Waals surface area contributed by atoms with E-state index >= 15 is 0 Å². The molecule has 4 nitrogen and oxygen atoms in total. The summed E-state index contributed by atoms with van der Waals surface area (Å²) in [4.78, 5) is 14.1. The maximum absolute atomic E-state index is 11.7. The molecule has 2 saturated heterocycles. The van der Waals surface area contributed by atoms with Gasteiger partial charge in [-0.05, 0) is 26.2 Å². The van der Waals surface area contributed by atoms with Crippen LogP contribution < -0.4 is 4.90 Å². The Morgan fingerprint density at radius 2 is 2.06 bits per heavy atom. The predicted octanol–water partition coefficient (Wildman–Crippen LogP) is 1.99. The highest BCUT2D eigenvalue weighted by Crippen LogP contribution is 2.36. The Labute approximate surface area is 102 Å². The van der Waals surface area contributed by atoms with Gasteiger partial charge in [0.1, 0.15) is 5.78 Å².